The fourth-order valence-electron chi connectivity index (χ4n) is 1.44. The van der Waals surface area contributed by atoms with Gasteiger partial charge in [0.25, 0.3) is 0 Å². The second-order valence-electron chi connectivity index (χ2n) is 3.82. The number of terminal acetylenes is 1. The molecule has 0 fully saturated rings. The van der Waals surface area contributed by atoms with Crippen LogP contribution in [0, 0.1) is 12.3 Å². The number of nitrogens with one attached hydrogen (secondary N) is 1. The lowest BCUT2D eigenvalue weighted by Gasteiger charge is -2.09. The quantitative estimate of drug-likeness (QED) is 0.629. The summed E-state index contributed by atoms with van der Waals surface area (Å²) in [7, 11) is -2.45. The fourth-order valence-corrected chi connectivity index (χ4v) is 2.27. The summed E-state index contributed by atoms with van der Waals surface area (Å²) < 4.78 is 27.4. The van der Waals surface area contributed by atoms with Gasteiger partial charge < -0.3 is 10.1 Å². The number of para-hydroxylation sites is 1. The molecule has 20 heavy (non-hydrogen) atoms. The van der Waals surface area contributed by atoms with Gasteiger partial charge in [-0.25, -0.2) is 13.2 Å². The number of methoxy groups -OCH3 is 1. The van der Waals surface area contributed by atoms with Crippen molar-refractivity contribution in [2.24, 2.45) is 0 Å². The Morgan fingerprint density at radius 1 is 1.35 bits per heavy atom. The average molecular weight is 295 g/mol. The van der Waals surface area contributed by atoms with Crippen LogP contribution < -0.4 is 5.32 Å². The van der Waals surface area contributed by atoms with E-state index in [9.17, 15) is 18.0 Å². The van der Waals surface area contributed by atoms with Gasteiger partial charge in [-0.3, -0.25) is 4.79 Å². The first-order chi connectivity index (χ1) is 9.39. The van der Waals surface area contributed by atoms with Crippen molar-refractivity contribution >= 4 is 27.4 Å². The first-order valence-electron chi connectivity index (χ1n) is 5.50. The number of hydrogen-bond donors (Lipinski definition) is 1. The van der Waals surface area contributed by atoms with Crippen molar-refractivity contribution < 1.29 is 22.7 Å². The SMILES string of the molecule is C#CCS(=O)(=O)CC(=O)Nc1ccccc1C(=O)OC. The van der Waals surface area contributed by atoms with E-state index in [4.69, 9.17) is 6.42 Å². The molecule has 7 heteroatoms. The highest BCUT2D eigenvalue weighted by atomic mass is 32.2. The van der Waals surface area contributed by atoms with E-state index in [2.05, 4.69) is 10.1 Å². The lowest BCUT2D eigenvalue weighted by molar-refractivity contribution is -0.113. The Labute approximate surface area is 117 Å². The molecule has 1 amide bonds. The van der Waals surface area contributed by atoms with Crippen LogP contribution in [0.25, 0.3) is 0 Å². The lowest BCUT2D eigenvalue weighted by Crippen LogP contribution is -2.25. The zero-order valence-corrected chi connectivity index (χ0v) is 11.6. The van der Waals surface area contributed by atoms with Crippen LogP contribution in [0.15, 0.2) is 24.3 Å². The predicted octanol–water partition coefficient (Wildman–Crippen LogP) is 0.460. The molecule has 1 aromatic carbocycles. The Kier molecular flexibility index (Phi) is 5.29. The zero-order chi connectivity index (χ0) is 15.2. The number of esters is 1. The molecule has 106 valence electrons. The Morgan fingerprint density at radius 2 is 2.00 bits per heavy atom. The van der Waals surface area contributed by atoms with Gasteiger partial charge in [0.2, 0.25) is 5.91 Å². The van der Waals surface area contributed by atoms with E-state index in [-0.39, 0.29) is 11.3 Å². The largest absolute Gasteiger partial charge is 0.465 e. The second kappa shape index (κ2) is 6.73. The van der Waals surface area contributed by atoms with Gasteiger partial charge in [-0.15, -0.1) is 6.42 Å². The first-order valence-corrected chi connectivity index (χ1v) is 7.33. The molecule has 1 rings (SSSR count). The van der Waals surface area contributed by atoms with Crippen LogP contribution in [0.5, 0.6) is 0 Å². The van der Waals surface area contributed by atoms with Crippen molar-refractivity contribution in [2.75, 3.05) is 23.9 Å². The topological polar surface area (TPSA) is 89.5 Å². The summed E-state index contributed by atoms with van der Waals surface area (Å²) in [6.45, 7) is 0. The fraction of sp³-hybridized carbons (Fsp3) is 0.231. The maximum Gasteiger partial charge on any atom is 0.339 e. The number of carbonyl (C=O) groups is 2. The smallest absolute Gasteiger partial charge is 0.339 e. The monoisotopic (exact) mass is 295 g/mol. The number of benzene rings is 1. The predicted molar refractivity (Wildman–Crippen MR) is 73.9 cm³/mol. The van der Waals surface area contributed by atoms with Crippen molar-refractivity contribution in [3.05, 3.63) is 29.8 Å². The summed E-state index contributed by atoms with van der Waals surface area (Å²) in [5.74, 6) is -0.683. The Morgan fingerprint density at radius 3 is 2.60 bits per heavy atom. The standard InChI is InChI=1S/C13H13NO5S/c1-3-8-20(17,18)9-12(15)14-11-7-5-4-6-10(11)13(16)19-2/h1,4-7H,8-9H2,2H3,(H,14,15). The van der Waals surface area contributed by atoms with E-state index in [0.717, 1.165) is 0 Å². The number of amides is 1. The molecule has 0 aromatic heterocycles. The molecule has 0 aliphatic rings. The molecule has 0 atom stereocenters. The molecule has 0 bridgehead atoms. The molecule has 0 saturated carbocycles. The Hall–Kier alpha value is -2.33. The number of carbonyl (C=O) groups excluding carboxylic acids is 2. The molecule has 0 spiro atoms. The lowest BCUT2D eigenvalue weighted by atomic mass is 10.2. The van der Waals surface area contributed by atoms with Gasteiger partial charge in [0.05, 0.1) is 18.4 Å². The van der Waals surface area contributed by atoms with Crippen molar-refractivity contribution in [3.8, 4) is 12.3 Å². The maximum absolute atomic E-state index is 11.7. The normalized spacial score (nSPS) is 10.4. The van der Waals surface area contributed by atoms with Gasteiger partial charge in [0.15, 0.2) is 9.84 Å². The van der Waals surface area contributed by atoms with Crippen LogP contribution in [0.3, 0.4) is 0 Å². The van der Waals surface area contributed by atoms with Gasteiger partial charge in [0, 0.05) is 0 Å². The number of anilines is 1. The zero-order valence-electron chi connectivity index (χ0n) is 10.8. The van der Waals surface area contributed by atoms with E-state index in [1.807, 2.05) is 5.92 Å². The third-order valence-electron chi connectivity index (χ3n) is 2.26. The number of rotatable bonds is 5. The number of sulfone groups is 1. The summed E-state index contributed by atoms with van der Waals surface area (Å²) in [6, 6.07) is 6.12. The molecular weight excluding hydrogens is 282 g/mol. The third kappa shape index (κ3) is 4.40. The van der Waals surface area contributed by atoms with Crippen molar-refractivity contribution in [2.45, 2.75) is 0 Å². The number of ether oxygens (including phenoxy) is 1. The molecule has 0 aliphatic heterocycles. The Bertz CT molecular complexity index is 658. The minimum atomic E-state index is -3.65. The summed E-state index contributed by atoms with van der Waals surface area (Å²) in [5.41, 5.74) is 0.318. The summed E-state index contributed by atoms with van der Waals surface area (Å²) in [6.07, 6.45) is 4.90. The molecular formula is C13H13NO5S. The van der Waals surface area contributed by atoms with E-state index in [1.165, 1.54) is 19.2 Å². The molecule has 0 unspecified atom stereocenters. The van der Waals surface area contributed by atoms with Crippen LogP contribution >= 0.6 is 0 Å². The van der Waals surface area contributed by atoms with E-state index < -0.39 is 33.2 Å². The van der Waals surface area contributed by atoms with Crippen LogP contribution in [-0.4, -0.2) is 38.9 Å². The van der Waals surface area contributed by atoms with Gasteiger partial charge in [-0.05, 0) is 12.1 Å². The Balaban J connectivity index is 2.87. The van der Waals surface area contributed by atoms with Crippen molar-refractivity contribution in [3.63, 3.8) is 0 Å². The maximum atomic E-state index is 11.7. The molecule has 6 nitrogen and oxygen atoms in total. The van der Waals surface area contributed by atoms with Crippen molar-refractivity contribution in [1.82, 2.24) is 0 Å². The van der Waals surface area contributed by atoms with Gasteiger partial charge in [-0.1, -0.05) is 18.1 Å². The van der Waals surface area contributed by atoms with Crippen LogP contribution in [0.2, 0.25) is 0 Å². The van der Waals surface area contributed by atoms with Gasteiger partial charge >= 0.3 is 5.97 Å². The van der Waals surface area contributed by atoms with E-state index in [0.29, 0.717) is 0 Å². The summed E-state index contributed by atoms with van der Waals surface area (Å²) in [4.78, 5) is 23.1. The second-order valence-corrected chi connectivity index (χ2v) is 5.89. The van der Waals surface area contributed by atoms with Gasteiger partial charge in [0.1, 0.15) is 11.5 Å². The first kappa shape index (κ1) is 15.7. The van der Waals surface area contributed by atoms with Crippen LogP contribution in [0.1, 0.15) is 10.4 Å². The van der Waals surface area contributed by atoms with Gasteiger partial charge in [-0.2, -0.15) is 0 Å². The van der Waals surface area contributed by atoms with Crippen LogP contribution in [0.4, 0.5) is 5.69 Å². The minimum Gasteiger partial charge on any atom is -0.465 e. The molecule has 1 aromatic rings. The minimum absolute atomic E-state index is 0.137. The average Bonchev–Trinajstić information content (AvgIpc) is 2.37. The summed E-state index contributed by atoms with van der Waals surface area (Å²) >= 11 is 0. The molecule has 0 saturated heterocycles. The highest BCUT2D eigenvalue weighted by Gasteiger charge is 2.18. The third-order valence-corrected chi connectivity index (χ3v) is 3.57. The molecule has 0 radical (unpaired) electrons. The number of hydrogen-bond acceptors (Lipinski definition) is 5. The van der Waals surface area contributed by atoms with Crippen molar-refractivity contribution in [1.29, 1.82) is 0 Å². The highest BCUT2D eigenvalue weighted by Crippen LogP contribution is 2.16. The molecule has 0 heterocycles. The molecule has 0 aliphatic carbocycles. The highest BCUT2D eigenvalue weighted by molar-refractivity contribution is 7.92. The van der Waals surface area contributed by atoms with E-state index in [1.54, 1.807) is 12.1 Å². The molecule has 1 N–H and O–H groups in total. The summed E-state index contributed by atoms with van der Waals surface area (Å²) in [5, 5.41) is 2.35. The van der Waals surface area contributed by atoms with Crippen LogP contribution in [-0.2, 0) is 19.4 Å². The van der Waals surface area contributed by atoms with E-state index >= 15 is 0 Å².